The molecule has 3 heterocycles. The number of amides is 2. The Kier molecular flexibility index (Phi) is 8.14. The second kappa shape index (κ2) is 11.4. The molecule has 7 nitrogen and oxygen atoms in total. The minimum absolute atomic E-state index is 0.0357. The van der Waals surface area contributed by atoms with Crippen LogP contribution in [0.4, 0.5) is 0 Å². The van der Waals surface area contributed by atoms with Crippen molar-refractivity contribution in [3.63, 3.8) is 0 Å². The van der Waals surface area contributed by atoms with Gasteiger partial charge in [-0.25, -0.2) is 0 Å². The molecule has 1 saturated heterocycles. The molecule has 2 aromatic heterocycles. The Labute approximate surface area is 201 Å². The van der Waals surface area contributed by atoms with E-state index in [4.69, 9.17) is 0 Å². The number of piperidine rings is 1. The second-order valence-corrected chi connectivity index (χ2v) is 9.77. The third-order valence-electron chi connectivity index (χ3n) is 7.13. The number of likely N-dealkylation sites (tertiary alicyclic amines) is 1. The summed E-state index contributed by atoms with van der Waals surface area (Å²) in [4.78, 5) is 46.3. The highest BCUT2D eigenvalue weighted by atomic mass is 16.2. The van der Waals surface area contributed by atoms with Gasteiger partial charge in [0.05, 0.1) is 12.2 Å². The first-order valence-electron chi connectivity index (χ1n) is 12.8. The topological polar surface area (TPSA) is 84.3 Å². The van der Waals surface area contributed by atoms with Gasteiger partial charge in [-0.2, -0.15) is 0 Å². The maximum atomic E-state index is 13.4. The van der Waals surface area contributed by atoms with E-state index >= 15 is 0 Å². The molecule has 34 heavy (non-hydrogen) atoms. The van der Waals surface area contributed by atoms with Crippen LogP contribution < -0.4 is 10.7 Å². The quantitative estimate of drug-likeness (QED) is 0.721. The lowest BCUT2D eigenvalue weighted by atomic mass is 9.96. The summed E-state index contributed by atoms with van der Waals surface area (Å²) in [6.07, 6.45) is 15.4. The zero-order valence-corrected chi connectivity index (χ0v) is 20.2. The second-order valence-electron chi connectivity index (χ2n) is 9.77. The standard InChI is InChI=1S/C27H36N4O3/c1-20-11-8-10-16-31(20)27(34)24-19-30(17-22-14-7-9-15-28-22)18-23(25(24)32)26(33)29-21-12-5-3-2-4-6-13-21/h7,9,14-15,18-21H,2-6,8,10-13,16-17H2,1H3,(H,29,33)/t20-/m0/s1. The van der Waals surface area contributed by atoms with Crippen molar-refractivity contribution in [2.24, 2.45) is 0 Å². The molecule has 0 radical (unpaired) electrons. The highest BCUT2D eigenvalue weighted by Gasteiger charge is 2.28. The van der Waals surface area contributed by atoms with Crippen LogP contribution in [0.25, 0.3) is 0 Å². The fourth-order valence-corrected chi connectivity index (χ4v) is 5.13. The van der Waals surface area contributed by atoms with Crippen LogP contribution in [0.1, 0.15) is 97.5 Å². The Morgan fingerprint density at radius 2 is 1.68 bits per heavy atom. The van der Waals surface area contributed by atoms with Crippen LogP contribution in [-0.4, -0.2) is 44.9 Å². The van der Waals surface area contributed by atoms with Crippen LogP contribution in [-0.2, 0) is 6.54 Å². The Hall–Kier alpha value is -2.96. The van der Waals surface area contributed by atoms with Gasteiger partial charge in [-0.3, -0.25) is 19.4 Å². The maximum absolute atomic E-state index is 13.4. The third-order valence-corrected chi connectivity index (χ3v) is 7.13. The first kappa shape index (κ1) is 24.2. The van der Waals surface area contributed by atoms with Gasteiger partial charge in [0, 0.05) is 37.2 Å². The predicted octanol–water partition coefficient (Wildman–Crippen LogP) is 4.15. The molecule has 1 N–H and O–H groups in total. The molecule has 1 aliphatic heterocycles. The molecule has 2 aliphatic rings. The Bertz CT molecular complexity index is 1040. The number of aromatic nitrogens is 2. The smallest absolute Gasteiger partial charge is 0.259 e. The highest BCUT2D eigenvalue weighted by Crippen LogP contribution is 2.20. The van der Waals surface area contributed by atoms with E-state index in [0.29, 0.717) is 13.1 Å². The van der Waals surface area contributed by atoms with Gasteiger partial charge >= 0.3 is 0 Å². The van der Waals surface area contributed by atoms with Gasteiger partial charge in [0.2, 0.25) is 5.43 Å². The summed E-state index contributed by atoms with van der Waals surface area (Å²) in [6, 6.07) is 5.78. The van der Waals surface area contributed by atoms with Gasteiger partial charge in [-0.15, -0.1) is 0 Å². The lowest BCUT2D eigenvalue weighted by Crippen LogP contribution is -2.45. The van der Waals surface area contributed by atoms with E-state index in [1.54, 1.807) is 28.1 Å². The zero-order chi connectivity index (χ0) is 23.9. The molecule has 2 fully saturated rings. The molecule has 0 bridgehead atoms. The van der Waals surface area contributed by atoms with Crippen molar-refractivity contribution in [3.8, 4) is 0 Å². The Morgan fingerprint density at radius 3 is 2.38 bits per heavy atom. The van der Waals surface area contributed by atoms with Crippen LogP contribution in [0.2, 0.25) is 0 Å². The number of rotatable bonds is 5. The molecule has 182 valence electrons. The summed E-state index contributed by atoms with van der Waals surface area (Å²) in [5, 5.41) is 3.10. The predicted molar refractivity (Wildman–Crippen MR) is 132 cm³/mol. The van der Waals surface area contributed by atoms with E-state index in [0.717, 1.165) is 50.6 Å². The lowest BCUT2D eigenvalue weighted by Gasteiger charge is -2.33. The summed E-state index contributed by atoms with van der Waals surface area (Å²) < 4.78 is 1.75. The van der Waals surface area contributed by atoms with E-state index in [1.165, 1.54) is 19.3 Å². The number of nitrogens with zero attached hydrogens (tertiary/aromatic N) is 3. The summed E-state index contributed by atoms with van der Waals surface area (Å²) in [7, 11) is 0. The third kappa shape index (κ3) is 5.93. The van der Waals surface area contributed by atoms with E-state index in [1.807, 2.05) is 25.1 Å². The summed E-state index contributed by atoms with van der Waals surface area (Å²) in [5.74, 6) is -0.667. The number of hydrogen-bond acceptors (Lipinski definition) is 4. The van der Waals surface area contributed by atoms with Crippen molar-refractivity contribution in [1.29, 1.82) is 0 Å². The van der Waals surface area contributed by atoms with Gasteiger partial charge in [-0.05, 0) is 51.2 Å². The molecular formula is C27H36N4O3. The molecule has 2 aromatic rings. The summed E-state index contributed by atoms with van der Waals surface area (Å²) >= 11 is 0. The number of carbonyl (C=O) groups is 2. The number of carbonyl (C=O) groups excluding carboxylic acids is 2. The first-order valence-corrected chi connectivity index (χ1v) is 12.8. The molecule has 7 heteroatoms. The Balaban J connectivity index is 1.65. The summed E-state index contributed by atoms with van der Waals surface area (Å²) in [6.45, 7) is 3.04. The van der Waals surface area contributed by atoms with E-state index in [-0.39, 0.29) is 35.0 Å². The normalized spacial score (nSPS) is 19.8. The molecular weight excluding hydrogens is 428 g/mol. The zero-order valence-electron chi connectivity index (χ0n) is 20.2. The highest BCUT2D eigenvalue weighted by molar-refractivity contribution is 5.99. The van der Waals surface area contributed by atoms with Gasteiger partial charge in [0.25, 0.3) is 11.8 Å². The number of pyridine rings is 2. The van der Waals surface area contributed by atoms with E-state index in [9.17, 15) is 14.4 Å². The molecule has 1 atom stereocenters. The van der Waals surface area contributed by atoms with Crippen LogP contribution in [0.5, 0.6) is 0 Å². The molecule has 0 unspecified atom stereocenters. The number of nitrogens with one attached hydrogen (secondary N) is 1. The van der Waals surface area contributed by atoms with Crippen LogP contribution in [0.3, 0.4) is 0 Å². The molecule has 0 spiro atoms. The molecule has 2 amide bonds. The average molecular weight is 465 g/mol. The van der Waals surface area contributed by atoms with Crippen molar-refractivity contribution in [2.45, 2.75) is 89.8 Å². The van der Waals surface area contributed by atoms with E-state index in [2.05, 4.69) is 10.3 Å². The van der Waals surface area contributed by atoms with Crippen LogP contribution in [0.15, 0.2) is 41.6 Å². The molecule has 4 rings (SSSR count). The average Bonchev–Trinajstić information content (AvgIpc) is 2.82. The number of hydrogen-bond donors (Lipinski definition) is 1. The minimum Gasteiger partial charge on any atom is -0.349 e. The molecule has 1 aliphatic carbocycles. The maximum Gasteiger partial charge on any atom is 0.259 e. The first-order chi connectivity index (χ1) is 16.5. The SMILES string of the molecule is C[C@H]1CCCCN1C(=O)c1cn(Cc2ccccn2)cc(C(=O)NC2CCCCCCC2)c1=O. The Morgan fingerprint density at radius 1 is 0.971 bits per heavy atom. The van der Waals surface area contributed by atoms with Crippen LogP contribution >= 0.6 is 0 Å². The van der Waals surface area contributed by atoms with Crippen molar-refractivity contribution in [3.05, 3.63) is 63.8 Å². The van der Waals surface area contributed by atoms with Crippen molar-refractivity contribution in [1.82, 2.24) is 19.8 Å². The van der Waals surface area contributed by atoms with Gasteiger partial charge in [0.15, 0.2) is 0 Å². The largest absolute Gasteiger partial charge is 0.349 e. The minimum atomic E-state index is -0.483. The van der Waals surface area contributed by atoms with Crippen molar-refractivity contribution >= 4 is 11.8 Å². The fourth-order valence-electron chi connectivity index (χ4n) is 5.13. The fraction of sp³-hybridized carbons (Fsp3) is 0.556. The summed E-state index contributed by atoms with van der Waals surface area (Å²) in [5.41, 5.74) is 0.411. The van der Waals surface area contributed by atoms with Gasteiger partial charge in [-0.1, -0.05) is 38.2 Å². The van der Waals surface area contributed by atoms with Crippen LogP contribution in [0, 0.1) is 0 Å². The molecule has 0 aromatic carbocycles. The molecule has 1 saturated carbocycles. The van der Waals surface area contributed by atoms with Gasteiger partial charge in [0.1, 0.15) is 11.1 Å². The van der Waals surface area contributed by atoms with Gasteiger partial charge < -0.3 is 14.8 Å². The van der Waals surface area contributed by atoms with Crippen molar-refractivity contribution in [2.75, 3.05) is 6.54 Å². The lowest BCUT2D eigenvalue weighted by molar-refractivity contribution is 0.0633. The van der Waals surface area contributed by atoms with Crippen molar-refractivity contribution < 1.29 is 9.59 Å². The van der Waals surface area contributed by atoms with E-state index < -0.39 is 5.43 Å². The monoisotopic (exact) mass is 464 g/mol.